The summed E-state index contributed by atoms with van der Waals surface area (Å²) < 4.78 is 11.0. The minimum absolute atomic E-state index is 0.0934. The lowest BCUT2D eigenvalue weighted by molar-refractivity contribution is -0.167. The molecule has 132 valence electrons. The Morgan fingerprint density at radius 3 is 2.64 bits per heavy atom. The molecule has 1 saturated heterocycles. The molecule has 0 N–H and O–H groups in total. The number of amides is 2. The highest BCUT2D eigenvalue weighted by Gasteiger charge is 2.41. The highest BCUT2D eigenvalue weighted by atomic mass is 16.5. The second kappa shape index (κ2) is 7.11. The number of ether oxygens (including phenoxy) is 1. The highest BCUT2D eigenvalue weighted by molar-refractivity contribution is 5.86. The maximum atomic E-state index is 12.9. The van der Waals surface area contributed by atoms with Crippen molar-refractivity contribution in [3.8, 4) is 0 Å². The van der Waals surface area contributed by atoms with Gasteiger partial charge >= 0.3 is 0 Å². The topological polar surface area (TPSA) is 63.0 Å². The molecule has 1 aromatic heterocycles. The van der Waals surface area contributed by atoms with Crippen molar-refractivity contribution in [1.82, 2.24) is 9.80 Å². The zero-order chi connectivity index (χ0) is 18.0. The number of carbonyl (C=O) groups is 2. The number of nitrogens with zero attached hydrogens (tertiary/aromatic N) is 2. The van der Waals surface area contributed by atoms with Gasteiger partial charge in [0.25, 0.3) is 5.91 Å². The SMILES string of the molecule is Cc1ccc([C@@H]2[C@@H](C(=O)N(C)Cc3ccco3)OCC(=O)N2C)cc1. The lowest BCUT2D eigenvalue weighted by Gasteiger charge is -2.39. The monoisotopic (exact) mass is 342 g/mol. The van der Waals surface area contributed by atoms with E-state index in [1.165, 1.54) is 0 Å². The van der Waals surface area contributed by atoms with Crippen LogP contribution < -0.4 is 0 Å². The van der Waals surface area contributed by atoms with E-state index >= 15 is 0 Å². The van der Waals surface area contributed by atoms with Crippen molar-refractivity contribution in [2.45, 2.75) is 25.6 Å². The average Bonchev–Trinajstić information content (AvgIpc) is 3.10. The molecule has 0 aliphatic carbocycles. The van der Waals surface area contributed by atoms with Crippen LogP contribution in [0, 0.1) is 6.92 Å². The van der Waals surface area contributed by atoms with Crippen molar-refractivity contribution in [1.29, 1.82) is 0 Å². The van der Waals surface area contributed by atoms with Gasteiger partial charge in [0.2, 0.25) is 5.91 Å². The molecule has 3 rings (SSSR count). The van der Waals surface area contributed by atoms with Crippen LogP contribution in [0.5, 0.6) is 0 Å². The first kappa shape index (κ1) is 17.2. The van der Waals surface area contributed by atoms with Gasteiger partial charge in [-0.15, -0.1) is 0 Å². The number of hydrogen-bond donors (Lipinski definition) is 0. The Bertz CT molecular complexity index is 739. The Balaban J connectivity index is 1.84. The summed E-state index contributed by atoms with van der Waals surface area (Å²) in [5, 5.41) is 0. The maximum absolute atomic E-state index is 12.9. The van der Waals surface area contributed by atoms with Gasteiger partial charge in [0.1, 0.15) is 12.4 Å². The van der Waals surface area contributed by atoms with E-state index in [1.807, 2.05) is 37.3 Å². The van der Waals surface area contributed by atoms with Crippen molar-refractivity contribution in [2.75, 3.05) is 20.7 Å². The first-order chi connectivity index (χ1) is 12.0. The van der Waals surface area contributed by atoms with E-state index in [4.69, 9.17) is 9.15 Å². The third kappa shape index (κ3) is 3.58. The minimum Gasteiger partial charge on any atom is -0.467 e. The second-order valence-electron chi connectivity index (χ2n) is 6.37. The molecule has 0 bridgehead atoms. The Labute approximate surface area is 147 Å². The maximum Gasteiger partial charge on any atom is 0.254 e. The first-order valence-corrected chi connectivity index (χ1v) is 8.18. The summed E-state index contributed by atoms with van der Waals surface area (Å²) >= 11 is 0. The number of benzene rings is 1. The van der Waals surface area contributed by atoms with E-state index in [2.05, 4.69) is 0 Å². The predicted octanol–water partition coefficient (Wildman–Crippen LogP) is 2.14. The molecule has 25 heavy (non-hydrogen) atoms. The van der Waals surface area contributed by atoms with Crippen LogP contribution in [0.3, 0.4) is 0 Å². The summed E-state index contributed by atoms with van der Waals surface area (Å²) in [6, 6.07) is 11.0. The van der Waals surface area contributed by atoms with Crippen molar-refractivity contribution < 1.29 is 18.7 Å². The Kier molecular flexibility index (Phi) is 4.90. The molecule has 1 fully saturated rings. The van der Waals surface area contributed by atoms with Gasteiger partial charge in [0.05, 0.1) is 18.8 Å². The number of aryl methyl sites for hydroxylation is 1. The van der Waals surface area contributed by atoms with Crippen LogP contribution in [-0.2, 0) is 20.9 Å². The van der Waals surface area contributed by atoms with E-state index in [0.29, 0.717) is 12.3 Å². The molecule has 2 aromatic rings. The van der Waals surface area contributed by atoms with Crippen molar-refractivity contribution in [3.05, 3.63) is 59.5 Å². The van der Waals surface area contributed by atoms with Gasteiger partial charge in [0, 0.05) is 14.1 Å². The lowest BCUT2D eigenvalue weighted by atomic mass is 9.96. The van der Waals surface area contributed by atoms with Gasteiger partial charge in [-0.2, -0.15) is 0 Å². The van der Waals surface area contributed by atoms with Crippen LogP contribution in [0.4, 0.5) is 0 Å². The quantitative estimate of drug-likeness (QED) is 0.854. The molecule has 2 atom stereocenters. The summed E-state index contributed by atoms with van der Waals surface area (Å²) in [6.07, 6.45) is 0.831. The zero-order valence-electron chi connectivity index (χ0n) is 14.6. The number of likely N-dealkylation sites (N-methyl/N-ethyl adjacent to an activating group) is 2. The molecule has 2 heterocycles. The Morgan fingerprint density at radius 2 is 2.00 bits per heavy atom. The summed E-state index contributed by atoms with van der Waals surface area (Å²) in [6.45, 7) is 2.25. The van der Waals surface area contributed by atoms with Crippen LogP contribution in [0.15, 0.2) is 47.1 Å². The molecule has 6 heteroatoms. The van der Waals surface area contributed by atoms with E-state index < -0.39 is 12.1 Å². The number of morpholine rings is 1. The fourth-order valence-corrected chi connectivity index (χ4v) is 3.01. The molecule has 2 amide bonds. The second-order valence-corrected chi connectivity index (χ2v) is 6.37. The van der Waals surface area contributed by atoms with Crippen LogP contribution in [-0.4, -0.2) is 48.4 Å². The van der Waals surface area contributed by atoms with E-state index in [-0.39, 0.29) is 18.4 Å². The molecule has 0 saturated carbocycles. The van der Waals surface area contributed by atoms with Crippen LogP contribution in [0.1, 0.15) is 22.9 Å². The number of furan rings is 1. The third-order valence-corrected chi connectivity index (χ3v) is 4.50. The van der Waals surface area contributed by atoms with Gasteiger partial charge in [-0.3, -0.25) is 9.59 Å². The van der Waals surface area contributed by atoms with Crippen molar-refractivity contribution in [2.24, 2.45) is 0 Å². The smallest absolute Gasteiger partial charge is 0.254 e. The molecule has 0 spiro atoms. The number of hydrogen-bond acceptors (Lipinski definition) is 4. The molecule has 0 radical (unpaired) electrons. The normalized spacial score (nSPS) is 20.6. The Hall–Kier alpha value is -2.60. The largest absolute Gasteiger partial charge is 0.467 e. The molecule has 1 aromatic carbocycles. The molecular formula is C19H22N2O4. The van der Waals surface area contributed by atoms with E-state index in [1.54, 1.807) is 36.2 Å². The highest BCUT2D eigenvalue weighted by Crippen LogP contribution is 2.30. The summed E-state index contributed by atoms with van der Waals surface area (Å²) in [7, 11) is 3.42. The van der Waals surface area contributed by atoms with Crippen molar-refractivity contribution in [3.63, 3.8) is 0 Å². The van der Waals surface area contributed by atoms with Gasteiger partial charge in [-0.25, -0.2) is 0 Å². The van der Waals surface area contributed by atoms with Crippen LogP contribution in [0.25, 0.3) is 0 Å². The summed E-state index contributed by atoms with van der Waals surface area (Å²) in [4.78, 5) is 28.2. The summed E-state index contributed by atoms with van der Waals surface area (Å²) in [5.74, 6) is 0.382. The van der Waals surface area contributed by atoms with Gasteiger partial charge in [-0.1, -0.05) is 29.8 Å². The number of carbonyl (C=O) groups excluding carboxylic acids is 2. The third-order valence-electron chi connectivity index (χ3n) is 4.50. The molecule has 1 aliphatic rings. The molecule has 1 aliphatic heterocycles. The van der Waals surface area contributed by atoms with E-state index in [0.717, 1.165) is 11.1 Å². The fraction of sp³-hybridized carbons (Fsp3) is 0.368. The number of rotatable bonds is 4. The minimum atomic E-state index is -0.745. The summed E-state index contributed by atoms with van der Waals surface area (Å²) in [5.41, 5.74) is 2.00. The average molecular weight is 342 g/mol. The fourth-order valence-electron chi connectivity index (χ4n) is 3.01. The first-order valence-electron chi connectivity index (χ1n) is 8.18. The van der Waals surface area contributed by atoms with Crippen LogP contribution >= 0.6 is 0 Å². The molecular weight excluding hydrogens is 320 g/mol. The zero-order valence-corrected chi connectivity index (χ0v) is 14.6. The van der Waals surface area contributed by atoms with Gasteiger partial charge in [0.15, 0.2) is 6.10 Å². The van der Waals surface area contributed by atoms with Gasteiger partial charge in [-0.05, 0) is 24.6 Å². The van der Waals surface area contributed by atoms with Crippen molar-refractivity contribution >= 4 is 11.8 Å². The molecule has 0 unspecified atom stereocenters. The van der Waals surface area contributed by atoms with Crippen LogP contribution in [0.2, 0.25) is 0 Å². The van der Waals surface area contributed by atoms with E-state index in [9.17, 15) is 9.59 Å². The molecule has 6 nitrogen and oxygen atoms in total. The van der Waals surface area contributed by atoms with Gasteiger partial charge < -0.3 is 19.0 Å². The standard InChI is InChI=1S/C19H22N2O4/c1-13-6-8-14(9-7-13)17-18(25-12-16(22)21(17)3)19(23)20(2)11-15-5-4-10-24-15/h4-10,17-18H,11-12H2,1-3H3/t17-,18+/m1/s1. The predicted molar refractivity (Wildman–Crippen MR) is 91.6 cm³/mol. The Morgan fingerprint density at radius 1 is 1.28 bits per heavy atom. The lowest BCUT2D eigenvalue weighted by Crippen LogP contribution is -2.53.